The molecule has 0 saturated carbocycles. The van der Waals surface area contributed by atoms with E-state index in [1.165, 1.54) is 5.56 Å². The molecule has 136 valence electrons. The highest BCUT2D eigenvalue weighted by Gasteiger charge is 2.34. The molecule has 0 radical (unpaired) electrons. The Bertz CT molecular complexity index is 815. The quantitative estimate of drug-likeness (QED) is 0.868. The van der Waals surface area contributed by atoms with E-state index < -0.39 is 6.04 Å². The molecule has 26 heavy (non-hydrogen) atoms. The lowest BCUT2D eigenvalue weighted by atomic mass is 10.1. The highest BCUT2D eigenvalue weighted by Crippen LogP contribution is 2.22. The summed E-state index contributed by atoms with van der Waals surface area (Å²) in [7, 11) is 0. The molecule has 5 nitrogen and oxygen atoms in total. The van der Waals surface area contributed by atoms with E-state index in [2.05, 4.69) is 10.6 Å². The standard InChI is InChI=1S/C21H25N3O2/c1-14-6-9-17(10-7-14)23-21(26)24-12-4-5-19(24)20(25)22-18-11-8-15(2)16(3)13-18/h6-11,13,19H,4-5,12H2,1-3H3,(H,22,25)(H,23,26). The fourth-order valence-electron chi connectivity index (χ4n) is 3.16. The van der Waals surface area contributed by atoms with Gasteiger partial charge in [-0.15, -0.1) is 0 Å². The van der Waals surface area contributed by atoms with Gasteiger partial charge >= 0.3 is 6.03 Å². The van der Waals surface area contributed by atoms with Gasteiger partial charge in [-0.05, 0) is 69.0 Å². The molecule has 1 saturated heterocycles. The number of nitrogens with zero attached hydrogens (tertiary/aromatic N) is 1. The number of amides is 3. The summed E-state index contributed by atoms with van der Waals surface area (Å²) in [6, 6.07) is 12.8. The molecule has 0 spiro atoms. The summed E-state index contributed by atoms with van der Waals surface area (Å²) in [4.78, 5) is 26.9. The maximum Gasteiger partial charge on any atom is 0.322 e. The van der Waals surface area contributed by atoms with Crippen molar-refractivity contribution >= 4 is 23.3 Å². The number of carbonyl (C=O) groups is 2. The summed E-state index contributed by atoms with van der Waals surface area (Å²) in [5.74, 6) is -0.134. The van der Waals surface area contributed by atoms with Crippen molar-refractivity contribution < 1.29 is 9.59 Å². The van der Waals surface area contributed by atoms with E-state index in [9.17, 15) is 9.59 Å². The third-order valence-corrected chi connectivity index (χ3v) is 4.89. The van der Waals surface area contributed by atoms with Gasteiger partial charge in [-0.2, -0.15) is 0 Å². The molecule has 1 heterocycles. The smallest absolute Gasteiger partial charge is 0.322 e. The summed E-state index contributed by atoms with van der Waals surface area (Å²) >= 11 is 0. The van der Waals surface area contributed by atoms with Gasteiger partial charge < -0.3 is 15.5 Å². The normalized spacial score (nSPS) is 16.4. The largest absolute Gasteiger partial charge is 0.324 e. The molecule has 1 aliphatic heterocycles. The lowest BCUT2D eigenvalue weighted by molar-refractivity contribution is -0.119. The molecule has 1 aliphatic rings. The Morgan fingerprint density at radius 3 is 2.31 bits per heavy atom. The predicted octanol–water partition coefficient (Wildman–Crippen LogP) is 4.25. The highest BCUT2D eigenvalue weighted by molar-refractivity contribution is 5.99. The van der Waals surface area contributed by atoms with Gasteiger partial charge in [-0.1, -0.05) is 23.8 Å². The van der Waals surface area contributed by atoms with Gasteiger partial charge in [0.05, 0.1) is 0 Å². The number of nitrogens with one attached hydrogen (secondary N) is 2. The Labute approximate surface area is 154 Å². The molecule has 1 fully saturated rings. The van der Waals surface area contributed by atoms with Crippen LogP contribution < -0.4 is 10.6 Å². The van der Waals surface area contributed by atoms with E-state index in [4.69, 9.17) is 0 Å². The van der Waals surface area contributed by atoms with E-state index >= 15 is 0 Å². The van der Waals surface area contributed by atoms with Gasteiger partial charge in [0, 0.05) is 17.9 Å². The molecule has 0 aliphatic carbocycles. The molecular formula is C21H25N3O2. The summed E-state index contributed by atoms with van der Waals surface area (Å²) in [5, 5.41) is 5.83. The van der Waals surface area contributed by atoms with E-state index in [1.54, 1.807) is 4.90 Å². The minimum absolute atomic E-state index is 0.134. The van der Waals surface area contributed by atoms with Gasteiger partial charge in [0.25, 0.3) is 0 Å². The van der Waals surface area contributed by atoms with Crippen molar-refractivity contribution in [2.45, 2.75) is 39.7 Å². The Morgan fingerprint density at radius 2 is 1.62 bits per heavy atom. The summed E-state index contributed by atoms with van der Waals surface area (Å²) < 4.78 is 0. The van der Waals surface area contributed by atoms with E-state index in [0.29, 0.717) is 13.0 Å². The van der Waals surface area contributed by atoms with Crippen LogP contribution in [0.3, 0.4) is 0 Å². The fraction of sp³-hybridized carbons (Fsp3) is 0.333. The number of urea groups is 1. The average molecular weight is 351 g/mol. The second kappa shape index (κ2) is 7.60. The number of rotatable bonds is 3. The Morgan fingerprint density at radius 1 is 0.923 bits per heavy atom. The second-order valence-corrected chi connectivity index (χ2v) is 6.94. The molecule has 1 unspecified atom stereocenters. The van der Waals surface area contributed by atoms with Crippen molar-refractivity contribution in [1.29, 1.82) is 0 Å². The van der Waals surface area contributed by atoms with Crippen molar-refractivity contribution in [3.8, 4) is 0 Å². The molecule has 2 aromatic carbocycles. The molecule has 0 bridgehead atoms. The number of likely N-dealkylation sites (tertiary alicyclic amines) is 1. The number of aryl methyl sites for hydroxylation is 3. The topological polar surface area (TPSA) is 61.4 Å². The van der Waals surface area contributed by atoms with Crippen LogP contribution >= 0.6 is 0 Å². The van der Waals surface area contributed by atoms with Crippen molar-refractivity contribution in [3.63, 3.8) is 0 Å². The molecule has 5 heteroatoms. The Balaban J connectivity index is 1.66. The zero-order valence-corrected chi connectivity index (χ0v) is 15.5. The zero-order valence-electron chi connectivity index (χ0n) is 15.5. The first-order chi connectivity index (χ1) is 12.4. The number of hydrogen-bond donors (Lipinski definition) is 2. The molecule has 2 N–H and O–H groups in total. The van der Waals surface area contributed by atoms with Crippen LogP contribution in [0.2, 0.25) is 0 Å². The number of carbonyl (C=O) groups excluding carboxylic acids is 2. The molecule has 0 aromatic heterocycles. The lowest BCUT2D eigenvalue weighted by Gasteiger charge is -2.24. The van der Waals surface area contributed by atoms with Gasteiger partial charge in [0.2, 0.25) is 5.91 Å². The Kier molecular flexibility index (Phi) is 5.26. The van der Waals surface area contributed by atoms with E-state index in [1.807, 2.05) is 63.2 Å². The van der Waals surface area contributed by atoms with Crippen LogP contribution in [-0.2, 0) is 4.79 Å². The maximum atomic E-state index is 12.7. The summed E-state index contributed by atoms with van der Waals surface area (Å²) in [6.07, 6.45) is 1.50. The molecule has 3 rings (SSSR count). The average Bonchev–Trinajstić information content (AvgIpc) is 3.10. The van der Waals surface area contributed by atoms with Gasteiger partial charge in [0.1, 0.15) is 6.04 Å². The maximum absolute atomic E-state index is 12.7. The number of hydrogen-bond acceptors (Lipinski definition) is 2. The molecule has 1 atom stereocenters. The van der Waals surface area contributed by atoms with Crippen molar-refractivity contribution in [1.82, 2.24) is 4.90 Å². The monoisotopic (exact) mass is 351 g/mol. The first kappa shape index (κ1) is 18.0. The van der Waals surface area contributed by atoms with Crippen molar-refractivity contribution in [3.05, 3.63) is 59.2 Å². The first-order valence-corrected chi connectivity index (χ1v) is 8.96. The summed E-state index contributed by atoms with van der Waals surface area (Å²) in [5.41, 5.74) is 4.95. The number of anilines is 2. The van der Waals surface area contributed by atoms with Gasteiger partial charge in [0.15, 0.2) is 0 Å². The predicted molar refractivity (Wildman–Crippen MR) is 104 cm³/mol. The van der Waals surface area contributed by atoms with Crippen LogP contribution in [0.25, 0.3) is 0 Å². The summed E-state index contributed by atoms with van der Waals surface area (Å²) in [6.45, 7) is 6.64. The minimum Gasteiger partial charge on any atom is -0.324 e. The van der Waals surface area contributed by atoms with Crippen LogP contribution in [0.1, 0.15) is 29.5 Å². The van der Waals surface area contributed by atoms with Crippen LogP contribution in [0.15, 0.2) is 42.5 Å². The van der Waals surface area contributed by atoms with Crippen LogP contribution in [0, 0.1) is 20.8 Å². The SMILES string of the molecule is Cc1ccc(NC(=O)N2CCCC2C(=O)Nc2ccc(C)c(C)c2)cc1. The van der Waals surface area contributed by atoms with E-state index in [0.717, 1.165) is 28.9 Å². The van der Waals surface area contributed by atoms with Crippen LogP contribution in [0.4, 0.5) is 16.2 Å². The lowest BCUT2D eigenvalue weighted by Crippen LogP contribution is -2.45. The van der Waals surface area contributed by atoms with Crippen molar-refractivity contribution in [2.75, 3.05) is 17.2 Å². The molecule has 2 aromatic rings. The fourth-order valence-corrected chi connectivity index (χ4v) is 3.16. The number of benzene rings is 2. The van der Waals surface area contributed by atoms with E-state index in [-0.39, 0.29) is 11.9 Å². The van der Waals surface area contributed by atoms with Gasteiger partial charge in [-0.25, -0.2) is 4.79 Å². The zero-order chi connectivity index (χ0) is 18.7. The van der Waals surface area contributed by atoms with Gasteiger partial charge in [-0.3, -0.25) is 4.79 Å². The second-order valence-electron chi connectivity index (χ2n) is 6.94. The van der Waals surface area contributed by atoms with Crippen molar-refractivity contribution in [2.24, 2.45) is 0 Å². The Hall–Kier alpha value is -2.82. The van der Waals surface area contributed by atoms with Crippen LogP contribution in [0.5, 0.6) is 0 Å². The minimum atomic E-state index is -0.443. The third-order valence-electron chi connectivity index (χ3n) is 4.89. The molecule has 3 amide bonds. The third kappa shape index (κ3) is 4.04. The van der Waals surface area contributed by atoms with Crippen LogP contribution in [-0.4, -0.2) is 29.4 Å². The molecular weight excluding hydrogens is 326 g/mol. The first-order valence-electron chi connectivity index (χ1n) is 8.96. The highest BCUT2D eigenvalue weighted by atomic mass is 16.2.